The van der Waals surface area contributed by atoms with Crippen molar-refractivity contribution in [2.45, 2.75) is 59.9 Å². The average Bonchev–Trinajstić information content (AvgIpc) is 2.91. The molecule has 172 valence electrons. The Morgan fingerprint density at radius 1 is 0.938 bits per heavy atom. The number of halogens is 3. The van der Waals surface area contributed by atoms with Gasteiger partial charge in [0.25, 0.3) is 5.91 Å². The smallest absolute Gasteiger partial charge is 0.416 e. The van der Waals surface area contributed by atoms with E-state index in [1.165, 1.54) is 24.0 Å². The van der Waals surface area contributed by atoms with Crippen LogP contribution in [0, 0.1) is 20.8 Å². The van der Waals surface area contributed by atoms with Crippen LogP contribution in [0.2, 0.25) is 0 Å². The molecular formula is C24H27F3N2O3. The number of nitrogens with zero attached hydrogens (tertiary/aromatic N) is 2. The van der Waals surface area contributed by atoms with E-state index in [0.29, 0.717) is 0 Å². The normalized spacial score (nSPS) is 15.0. The average molecular weight is 448 g/mol. The van der Waals surface area contributed by atoms with Gasteiger partial charge in [-0.3, -0.25) is 14.6 Å². The number of carbonyl (C=O) groups is 2. The van der Waals surface area contributed by atoms with E-state index in [4.69, 9.17) is 4.74 Å². The fourth-order valence-electron chi connectivity index (χ4n) is 3.81. The maximum atomic E-state index is 13.0. The number of imide groups is 1. The summed E-state index contributed by atoms with van der Waals surface area (Å²) in [5, 5.41) is 0. The topological polar surface area (TPSA) is 49.9 Å². The Morgan fingerprint density at radius 3 is 2.03 bits per heavy atom. The van der Waals surface area contributed by atoms with Crippen LogP contribution in [0.4, 0.5) is 23.7 Å². The van der Waals surface area contributed by atoms with Crippen molar-refractivity contribution in [3.05, 3.63) is 58.1 Å². The maximum Gasteiger partial charge on any atom is 0.416 e. The fraction of sp³-hybridized carbons (Fsp3) is 0.417. The Morgan fingerprint density at radius 2 is 1.53 bits per heavy atom. The summed E-state index contributed by atoms with van der Waals surface area (Å²) in [5.74, 6) is 0.361. The Bertz CT molecular complexity index is 1050. The molecule has 0 atom stereocenters. The first-order valence-corrected chi connectivity index (χ1v) is 10.3. The predicted octanol–water partition coefficient (Wildman–Crippen LogP) is 5.78. The molecule has 0 spiro atoms. The minimum Gasteiger partial charge on any atom is -0.488 e. The molecule has 3 amide bonds. The molecule has 1 heterocycles. The van der Waals surface area contributed by atoms with E-state index in [9.17, 15) is 22.8 Å². The van der Waals surface area contributed by atoms with E-state index >= 15 is 0 Å². The highest BCUT2D eigenvalue weighted by atomic mass is 19.4. The summed E-state index contributed by atoms with van der Waals surface area (Å²) in [6.07, 6.45) is -4.47. The molecule has 0 unspecified atom stereocenters. The van der Waals surface area contributed by atoms with Crippen LogP contribution in [0.15, 0.2) is 30.3 Å². The second-order valence-corrected chi connectivity index (χ2v) is 9.12. The van der Waals surface area contributed by atoms with Crippen LogP contribution in [0.5, 0.6) is 5.75 Å². The van der Waals surface area contributed by atoms with Crippen molar-refractivity contribution in [2.24, 2.45) is 0 Å². The van der Waals surface area contributed by atoms with Gasteiger partial charge in [-0.05, 0) is 82.0 Å². The molecule has 1 saturated heterocycles. The van der Waals surface area contributed by atoms with Crippen molar-refractivity contribution in [1.29, 1.82) is 0 Å². The van der Waals surface area contributed by atoms with Gasteiger partial charge < -0.3 is 4.74 Å². The number of hydrogen-bond donors (Lipinski definition) is 0. The highest BCUT2D eigenvalue weighted by Crippen LogP contribution is 2.35. The van der Waals surface area contributed by atoms with E-state index in [0.717, 1.165) is 33.4 Å². The molecule has 1 fully saturated rings. The molecule has 0 bridgehead atoms. The van der Waals surface area contributed by atoms with E-state index in [-0.39, 0.29) is 29.9 Å². The molecule has 1 aliphatic heterocycles. The Hall–Kier alpha value is -3.03. The van der Waals surface area contributed by atoms with Gasteiger partial charge in [0.15, 0.2) is 0 Å². The number of aryl methyl sites for hydroxylation is 3. The standard InChI is InChI=1S/C24H27F3N2O3/c1-14-11-18(7-8-19(14)24(25,26)27)28-13-20(30)29(22(28)31)12-17-9-15(2)21(16(3)10-17)32-23(4,5)6/h7-11H,12-13H2,1-6H3. The predicted molar refractivity (Wildman–Crippen MR) is 116 cm³/mol. The van der Waals surface area contributed by atoms with Gasteiger partial charge in [0.05, 0.1) is 12.1 Å². The minimum absolute atomic E-state index is 0.00520. The number of alkyl halides is 3. The van der Waals surface area contributed by atoms with Gasteiger partial charge in [-0.15, -0.1) is 0 Å². The number of anilines is 1. The molecule has 0 N–H and O–H groups in total. The van der Waals surface area contributed by atoms with Gasteiger partial charge in [0, 0.05) is 5.69 Å². The lowest BCUT2D eigenvalue weighted by molar-refractivity contribution is -0.138. The van der Waals surface area contributed by atoms with Crippen molar-refractivity contribution in [2.75, 3.05) is 11.4 Å². The molecule has 32 heavy (non-hydrogen) atoms. The molecule has 5 nitrogen and oxygen atoms in total. The van der Waals surface area contributed by atoms with Crippen molar-refractivity contribution in [3.8, 4) is 5.75 Å². The van der Waals surface area contributed by atoms with Crippen LogP contribution < -0.4 is 9.64 Å². The van der Waals surface area contributed by atoms with Crippen LogP contribution >= 0.6 is 0 Å². The zero-order chi connectivity index (χ0) is 24.0. The van der Waals surface area contributed by atoms with E-state index in [2.05, 4.69) is 0 Å². The minimum atomic E-state index is -4.47. The molecule has 0 aromatic heterocycles. The molecule has 3 rings (SSSR count). The first-order chi connectivity index (χ1) is 14.7. The molecular weight excluding hydrogens is 421 g/mol. The van der Waals surface area contributed by atoms with E-state index in [1.807, 2.05) is 46.8 Å². The molecule has 0 aliphatic carbocycles. The zero-order valence-corrected chi connectivity index (χ0v) is 19.1. The summed E-state index contributed by atoms with van der Waals surface area (Å²) in [7, 11) is 0. The van der Waals surface area contributed by atoms with Crippen molar-refractivity contribution in [1.82, 2.24) is 4.90 Å². The number of urea groups is 1. The summed E-state index contributed by atoms with van der Waals surface area (Å²) in [6.45, 7) is 10.9. The van der Waals surface area contributed by atoms with Gasteiger partial charge >= 0.3 is 12.2 Å². The zero-order valence-electron chi connectivity index (χ0n) is 19.1. The van der Waals surface area contributed by atoms with E-state index < -0.39 is 23.7 Å². The molecule has 2 aromatic rings. The molecule has 1 aliphatic rings. The number of hydrogen-bond acceptors (Lipinski definition) is 3. The SMILES string of the molecule is Cc1cc(N2CC(=O)N(Cc3cc(C)c(OC(C)(C)C)c(C)c3)C2=O)ccc1C(F)(F)F. The first-order valence-electron chi connectivity index (χ1n) is 10.3. The molecule has 0 saturated carbocycles. The summed E-state index contributed by atoms with van der Waals surface area (Å²) >= 11 is 0. The second-order valence-electron chi connectivity index (χ2n) is 9.12. The lowest BCUT2D eigenvalue weighted by atomic mass is 10.0. The number of ether oxygens (including phenoxy) is 1. The number of amides is 3. The van der Waals surface area contributed by atoms with Crippen LogP contribution in [-0.2, 0) is 17.5 Å². The monoisotopic (exact) mass is 448 g/mol. The maximum absolute atomic E-state index is 13.0. The third-order valence-corrected chi connectivity index (χ3v) is 5.15. The van der Waals surface area contributed by atoms with Crippen molar-refractivity contribution >= 4 is 17.6 Å². The third-order valence-electron chi connectivity index (χ3n) is 5.15. The summed E-state index contributed by atoms with van der Waals surface area (Å²) in [5.41, 5.74) is 1.69. The molecule has 0 radical (unpaired) electrons. The van der Waals surface area contributed by atoms with E-state index in [1.54, 1.807) is 0 Å². The summed E-state index contributed by atoms with van der Waals surface area (Å²) < 4.78 is 45.1. The first kappa shape index (κ1) is 23.6. The van der Waals surface area contributed by atoms with Gasteiger partial charge in [-0.25, -0.2) is 4.79 Å². The Kier molecular flexibility index (Phi) is 6.02. The van der Waals surface area contributed by atoms with Crippen molar-refractivity contribution < 1.29 is 27.5 Å². The van der Waals surface area contributed by atoms with Gasteiger partial charge in [-0.2, -0.15) is 13.2 Å². The van der Waals surface area contributed by atoms with Crippen molar-refractivity contribution in [3.63, 3.8) is 0 Å². The Labute approximate surface area is 185 Å². The second kappa shape index (κ2) is 8.15. The van der Waals surface area contributed by atoms with Crippen LogP contribution in [-0.4, -0.2) is 29.0 Å². The number of rotatable bonds is 4. The fourth-order valence-corrected chi connectivity index (χ4v) is 3.81. The highest BCUT2D eigenvalue weighted by molar-refractivity contribution is 6.12. The van der Waals surface area contributed by atoms with Crippen LogP contribution in [0.3, 0.4) is 0 Å². The van der Waals surface area contributed by atoms with Crippen LogP contribution in [0.1, 0.15) is 48.6 Å². The quantitative estimate of drug-likeness (QED) is 0.558. The third kappa shape index (κ3) is 4.89. The number of carbonyl (C=O) groups excluding carboxylic acids is 2. The van der Waals surface area contributed by atoms with Crippen LogP contribution in [0.25, 0.3) is 0 Å². The summed E-state index contributed by atoms with van der Waals surface area (Å²) in [4.78, 5) is 27.8. The van der Waals surface area contributed by atoms with Gasteiger partial charge in [-0.1, -0.05) is 12.1 Å². The van der Waals surface area contributed by atoms with Gasteiger partial charge in [0.2, 0.25) is 0 Å². The highest BCUT2D eigenvalue weighted by Gasteiger charge is 2.38. The largest absolute Gasteiger partial charge is 0.488 e. The Balaban J connectivity index is 1.82. The molecule has 2 aromatic carbocycles. The summed E-state index contributed by atoms with van der Waals surface area (Å²) in [6, 6.07) is 6.63. The molecule has 8 heteroatoms. The lowest BCUT2D eigenvalue weighted by Crippen LogP contribution is -2.32. The van der Waals surface area contributed by atoms with Gasteiger partial charge in [0.1, 0.15) is 17.9 Å². The lowest BCUT2D eigenvalue weighted by Gasteiger charge is -2.25. The number of benzene rings is 2.